The molecule has 85 heteroatoms. The number of benzene rings is 3. The minimum atomic E-state index is -0.522. The number of rotatable bonds is 39. The van der Waals surface area contributed by atoms with Gasteiger partial charge in [-0.1, -0.05) is 40.0 Å². The molecule has 2 N–H and O–H groups in total. The van der Waals surface area contributed by atoms with Crippen LogP contribution in [0.5, 0.6) is 17.2 Å². The molecule has 3 aromatic carbocycles. The van der Waals surface area contributed by atoms with Gasteiger partial charge in [0.25, 0.3) is 0 Å². The van der Waals surface area contributed by atoms with Crippen molar-refractivity contribution in [1.29, 1.82) is 5.26 Å². The number of hydrogen-bond donors (Lipinski definition) is 1. The van der Waals surface area contributed by atoms with Crippen molar-refractivity contribution in [3.63, 3.8) is 0 Å². The maximum absolute atomic E-state index is 11.4. The number of nitrogens with zero attached hydrogens (tertiary/aromatic N) is 2. The summed E-state index contributed by atoms with van der Waals surface area (Å²) >= 11 is 136. The Morgan fingerprint density at radius 3 is 0.881 bits per heavy atom. The van der Waals surface area contributed by atoms with Crippen molar-refractivity contribution in [1.82, 2.24) is 5.16 Å². The number of hydrogen-bond acceptors (Lipinski definition) is 11. The van der Waals surface area contributed by atoms with E-state index in [1.807, 2.05) is 0 Å². The van der Waals surface area contributed by atoms with Crippen molar-refractivity contribution >= 4 is 1000 Å². The Kier molecular flexibility index (Phi) is 140. The van der Waals surface area contributed by atoms with Crippen LogP contribution in [0.2, 0.25) is 15.1 Å². The van der Waals surface area contributed by atoms with Crippen LogP contribution >= 0.6 is 984 Å². The summed E-state index contributed by atoms with van der Waals surface area (Å²) in [6.45, 7) is 2.00. The second-order valence-electron chi connectivity index (χ2n) is 14.6. The number of ketones is 1. The van der Waals surface area contributed by atoms with E-state index >= 15 is 0 Å². The number of carbonyl (C=O) groups is 2. The van der Waals surface area contributed by atoms with Crippen molar-refractivity contribution in [3.05, 3.63) is 86.9 Å². The molecule has 0 atom stereocenters. The molecule has 1 aliphatic rings. The minimum absolute atomic E-state index is 0.155. The van der Waals surface area contributed by atoms with Crippen molar-refractivity contribution in [2.75, 3.05) is 47.4 Å². The quantitative estimate of drug-likeness (QED) is 0.0258. The zero-order chi connectivity index (χ0) is 91.5. The van der Waals surface area contributed by atoms with Gasteiger partial charge in [-0.05, 0) is 67.4 Å². The van der Waals surface area contributed by atoms with E-state index in [-0.39, 0.29) is 20.1 Å². The molecular formula is C33H34Cl3I71N3O8-. The number of nitrogen functional groups attached to an aromatic ring is 1. The van der Waals surface area contributed by atoms with E-state index in [1.54, 1.807) is 73.8 Å². The first-order chi connectivity index (χ1) is 54.8. The van der Waals surface area contributed by atoms with E-state index in [0.29, 0.717) is 68.3 Å². The fourth-order valence-electron chi connectivity index (χ4n) is 4.71. The third kappa shape index (κ3) is 69.3. The zero-order valence-corrected chi connectivity index (χ0v) is 208. The fourth-order valence-corrected chi connectivity index (χ4v) is 12400. The molecule has 11 nitrogen and oxygen atoms in total. The van der Waals surface area contributed by atoms with Crippen LogP contribution in [0.15, 0.2) is 65.2 Å². The summed E-state index contributed by atoms with van der Waals surface area (Å²) in [6.07, 6.45) is 2.40. The zero-order valence-electron chi connectivity index (χ0n) is 53.0. The van der Waals surface area contributed by atoms with Gasteiger partial charge in [-0.3, -0.25) is 4.79 Å². The molecule has 1 saturated heterocycles. The molecule has 0 spiro atoms. The first kappa shape index (κ1) is 165. The van der Waals surface area contributed by atoms with Crippen molar-refractivity contribution in [3.8, 4) is 34.6 Å². The average molecular weight is 9720 g/mol. The number of esters is 1. The van der Waals surface area contributed by atoms with Gasteiger partial charge >= 0.3 is 969 Å². The molecule has 1 fully saturated rings. The van der Waals surface area contributed by atoms with Gasteiger partial charge < -0.3 is 33.9 Å². The van der Waals surface area contributed by atoms with Crippen LogP contribution in [-0.4, -0.2) is 58.6 Å². The van der Waals surface area contributed by atoms with Gasteiger partial charge in [0.05, 0.1) is 52.1 Å². The van der Waals surface area contributed by atoms with Crippen LogP contribution in [-0.2, 0) is 9.47 Å². The topological polar surface area (TPSA) is 156 Å². The Labute approximate surface area is 1190 Å². The second-order valence-corrected chi connectivity index (χ2v) is 1640. The number of carbonyl (C=O) groups excluding carboxylic acids is 2. The van der Waals surface area contributed by atoms with E-state index in [9.17, 15) is 9.59 Å². The summed E-state index contributed by atoms with van der Waals surface area (Å²) in [7, 11) is -10.1. The molecule has 0 amide bonds. The van der Waals surface area contributed by atoms with Gasteiger partial charge in [-0.15, -0.1) is 0 Å². The Morgan fingerprint density at radius 1 is 0.398 bits per heavy atom. The standard InChI is InChI=1S/C10H9ClN2O2.C10H8ClNO2.C9H9ClO3.C4H8O.I36.I35/c1-14-8-4-6(11)2-3-7(8)9-5-10(12)13-15-9;1-14-10-6-7(11)2-3-8(10)9(13)4-5-12;1-12-8-5-6(10)3-4-7(8)9(11)13-2;1-2-4-5-3-1;1-20(2)22(5)24(7)26(9)28(11)30(13)32(15)34(17)36(19)35(18)33(16)31(14)29(12)27(10)25(8)23(6)21(3)4;1-19-21(4)23(6)25(8)27(10)29(12)31(14)33(16)35(18)34(17)32(15)30(13)28(11)26(9)24(7)22(5)20(2)3/h2-5H,1H3,(H2,12,13);2-3,6H,4H2,1H3;3-5H,1-2H3;1-4H2;;/q;;;;;-1. The molecule has 1 aliphatic heterocycles. The molecule has 1 aromatic heterocycles. The van der Waals surface area contributed by atoms with E-state index < -0.39 is 259 Å². The Balaban J connectivity index is 0.00000151. The number of Topliss-reactive ketones (excluding diaryl/α,β-unsaturated/α-hetero) is 1. The molecule has 0 radical (unpaired) electrons. The molecule has 118 heavy (non-hydrogen) atoms. The molecular weight excluding hydrogens is 9680 g/mol. The summed E-state index contributed by atoms with van der Waals surface area (Å²) < 4.78 is 29.7. The van der Waals surface area contributed by atoms with Crippen molar-refractivity contribution < 1.29 is 51.1 Å². The number of methoxy groups -OCH3 is 4. The monoisotopic (exact) mass is 9720 g/mol. The number of ether oxygens (including phenoxy) is 5. The van der Waals surface area contributed by atoms with Gasteiger partial charge in [0, 0.05) is 34.3 Å². The van der Waals surface area contributed by atoms with E-state index in [4.69, 9.17) is 69.3 Å². The average Bonchev–Trinajstić information content (AvgIpc) is 0.947. The summed E-state index contributed by atoms with van der Waals surface area (Å²) in [5.41, 5.74) is 6.99. The molecule has 0 bridgehead atoms. The van der Waals surface area contributed by atoms with Crippen LogP contribution in [0.4, 0.5) is 5.82 Å². The van der Waals surface area contributed by atoms with Crippen molar-refractivity contribution in [2.24, 2.45) is 0 Å². The Hall–Kier alpha value is 47.4. The van der Waals surface area contributed by atoms with E-state index in [2.05, 4.69) is 699 Å². The predicted molar refractivity (Wildman–Crippen MR) is 1160 cm³/mol. The van der Waals surface area contributed by atoms with E-state index in [0.717, 1.165) is 18.8 Å². The van der Waals surface area contributed by atoms with Gasteiger partial charge in [-0.2, -0.15) is 5.26 Å². The number of nitrogens with two attached hydrogens (primary N) is 1. The first-order valence-electron chi connectivity index (χ1n) is 23.7. The Bertz CT molecular complexity index is 3470. The molecule has 4 aromatic rings. The molecule has 0 unspecified atom stereocenters. The fraction of sp³-hybridized carbons (Fsp3) is 0.273. The molecule has 5 rings (SSSR count). The molecule has 748 valence electrons. The summed E-state index contributed by atoms with van der Waals surface area (Å²) in [5.74, 6) is 1.63. The van der Waals surface area contributed by atoms with Crippen LogP contribution in [0.1, 0.15) is 40.0 Å². The van der Waals surface area contributed by atoms with E-state index in [1.165, 1.54) is 34.2 Å². The van der Waals surface area contributed by atoms with Gasteiger partial charge in [-0.25, -0.2) is 4.79 Å². The summed E-state index contributed by atoms with van der Waals surface area (Å²) in [5, 5.41) is 13.6. The molecule has 2 heterocycles. The number of halogens is 74. The second kappa shape index (κ2) is 100. The predicted octanol–water partition coefficient (Wildman–Crippen LogP) is 67.0. The molecule has 0 saturated carbocycles. The summed E-state index contributed by atoms with van der Waals surface area (Å²) in [4.78, 5) is 22.5. The maximum atomic E-state index is 11.4. The number of anilines is 1. The first-order valence-corrected chi connectivity index (χ1v) is 459. The van der Waals surface area contributed by atoms with Crippen LogP contribution in [0.3, 0.4) is 0 Å². The number of aromatic nitrogens is 1. The SMILES string of the molecule is C1CCOC1.COC(=O)c1ccc(Cl)cc1OC.COc1cc(Cl)ccc1-c1cc(N)no1.COc1cc(Cl)ccc1C(=O)CC#N.II(I)I(I)I(I)I(I)I(I)I(I)I(I)I(I)I(I)I(I)I(I)I(I)I(I)I(I)I(I)I(I)I(I)I.I[I-]I(I)I(I)I(I)I(I)I(I)I(I)I(I)I(I)I(I)I(I)I(I)I(I)I(I)I(I)I(I)I(I)I. The van der Waals surface area contributed by atoms with Crippen molar-refractivity contribution in [2.45, 2.75) is 19.3 Å². The number of nitriles is 1. The third-order valence-corrected chi connectivity index (χ3v) is 5210. The van der Waals surface area contributed by atoms with Crippen LogP contribution < -0.4 is 33.2 Å². The van der Waals surface area contributed by atoms with Crippen LogP contribution in [0.25, 0.3) is 11.3 Å². The normalized spacial score (nSPS) is 15.6. The van der Waals surface area contributed by atoms with Crippen LogP contribution in [0, 0.1) is 11.3 Å². The van der Waals surface area contributed by atoms with Gasteiger partial charge in [0.1, 0.15) is 22.8 Å². The van der Waals surface area contributed by atoms with Gasteiger partial charge in [0.15, 0.2) is 17.4 Å². The molecule has 0 aliphatic carbocycles. The Morgan fingerprint density at radius 2 is 0.653 bits per heavy atom. The summed E-state index contributed by atoms with van der Waals surface area (Å²) in [6, 6.07) is 18.1. The third-order valence-electron chi connectivity index (χ3n) is 8.63. The van der Waals surface area contributed by atoms with Gasteiger partial charge in [0.2, 0.25) is 0 Å².